The van der Waals surface area contributed by atoms with Crippen LogP contribution in [-0.4, -0.2) is 29.2 Å². The van der Waals surface area contributed by atoms with Crippen LogP contribution in [0.3, 0.4) is 0 Å². The van der Waals surface area contributed by atoms with Crippen molar-refractivity contribution in [2.24, 2.45) is 5.92 Å². The number of carbonyl (C=O) groups excluding carboxylic acids is 1. The van der Waals surface area contributed by atoms with Crippen molar-refractivity contribution in [2.45, 2.75) is 77.3 Å². The number of carbonyl (C=O) groups is 2. The van der Waals surface area contributed by atoms with Crippen molar-refractivity contribution in [1.29, 1.82) is 0 Å². The van der Waals surface area contributed by atoms with Crippen molar-refractivity contribution >= 4 is 12.0 Å². The molecule has 1 saturated carbocycles. The fourth-order valence-corrected chi connectivity index (χ4v) is 2.71. The van der Waals surface area contributed by atoms with Gasteiger partial charge in [-0.05, 0) is 39.0 Å². The Kier molecular flexibility index (Phi) is 7.41. The number of hydrogen-bond donors (Lipinski definition) is 3. The van der Waals surface area contributed by atoms with Crippen LogP contribution in [0.25, 0.3) is 0 Å². The Morgan fingerprint density at radius 2 is 1.85 bits per heavy atom. The SMILES string of the molecule is CCCCCC(C)NC(=O)NC1CCC(C(=O)O)CC1. The van der Waals surface area contributed by atoms with Gasteiger partial charge in [0.05, 0.1) is 5.92 Å². The summed E-state index contributed by atoms with van der Waals surface area (Å²) in [6.07, 6.45) is 7.37. The molecule has 1 fully saturated rings. The zero-order chi connectivity index (χ0) is 15.0. The Morgan fingerprint density at radius 3 is 2.40 bits per heavy atom. The molecule has 0 aromatic carbocycles. The molecule has 0 radical (unpaired) electrons. The summed E-state index contributed by atoms with van der Waals surface area (Å²) in [7, 11) is 0. The largest absolute Gasteiger partial charge is 0.481 e. The van der Waals surface area contributed by atoms with Crippen molar-refractivity contribution in [2.75, 3.05) is 0 Å². The van der Waals surface area contributed by atoms with Gasteiger partial charge in [0.15, 0.2) is 0 Å². The Bertz CT molecular complexity index is 312. The molecule has 5 heteroatoms. The third-order valence-electron chi connectivity index (χ3n) is 4.03. The number of aliphatic carboxylic acids is 1. The lowest BCUT2D eigenvalue weighted by molar-refractivity contribution is -0.142. The van der Waals surface area contributed by atoms with Crippen molar-refractivity contribution in [3.8, 4) is 0 Å². The summed E-state index contributed by atoms with van der Waals surface area (Å²) in [5.74, 6) is -0.943. The Morgan fingerprint density at radius 1 is 1.20 bits per heavy atom. The van der Waals surface area contributed by atoms with Crippen LogP contribution in [-0.2, 0) is 4.79 Å². The van der Waals surface area contributed by atoms with Crippen LogP contribution in [0.2, 0.25) is 0 Å². The van der Waals surface area contributed by atoms with E-state index in [4.69, 9.17) is 5.11 Å². The first-order chi connectivity index (χ1) is 9.52. The van der Waals surface area contributed by atoms with E-state index >= 15 is 0 Å². The van der Waals surface area contributed by atoms with Crippen molar-refractivity contribution < 1.29 is 14.7 Å². The quantitative estimate of drug-likeness (QED) is 0.629. The van der Waals surface area contributed by atoms with E-state index in [0.29, 0.717) is 12.8 Å². The molecule has 5 nitrogen and oxygen atoms in total. The van der Waals surface area contributed by atoms with E-state index in [1.807, 2.05) is 6.92 Å². The number of hydrogen-bond acceptors (Lipinski definition) is 2. The van der Waals surface area contributed by atoms with Crippen LogP contribution in [0.4, 0.5) is 4.79 Å². The standard InChI is InChI=1S/C15H28N2O3/c1-3-4-5-6-11(2)16-15(20)17-13-9-7-12(8-10-13)14(18)19/h11-13H,3-10H2,1-2H3,(H,18,19)(H2,16,17,20). The smallest absolute Gasteiger partial charge is 0.315 e. The molecule has 20 heavy (non-hydrogen) atoms. The van der Waals surface area contributed by atoms with Gasteiger partial charge in [-0.1, -0.05) is 26.2 Å². The summed E-state index contributed by atoms with van der Waals surface area (Å²) < 4.78 is 0. The highest BCUT2D eigenvalue weighted by Gasteiger charge is 2.26. The number of rotatable bonds is 7. The monoisotopic (exact) mass is 284 g/mol. The van der Waals surface area contributed by atoms with E-state index in [2.05, 4.69) is 17.6 Å². The molecule has 0 aliphatic heterocycles. The molecule has 1 unspecified atom stereocenters. The van der Waals surface area contributed by atoms with Crippen LogP contribution >= 0.6 is 0 Å². The van der Waals surface area contributed by atoms with Crippen LogP contribution in [0.5, 0.6) is 0 Å². The van der Waals surface area contributed by atoms with Crippen molar-refractivity contribution in [3.05, 3.63) is 0 Å². The molecule has 0 bridgehead atoms. The number of carboxylic acids is 1. The van der Waals surface area contributed by atoms with Gasteiger partial charge in [-0.2, -0.15) is 0 Å². The van der Waals surface area contributed by atoms with Gasteiger partial charge < -0.3 is 15.7 Å². The molecule has 0 aromatic heterocycles. The average molecular weight is 284 g/mol. The number of nitrogens with one attached hydrogen (secondary N) is 2. The fraction of sp³-hybridized carbons (Fsp3) is 0.867. The predicted octanol–water partition coefficient (Wildman–Crippen LogP) is 2.90. The molecule has 0 heterocycles. The lowest BCUT2D eigenvalue weighted by Crippen LogP contribution is -2.46. The Balaban J connectivity index is 2.18. The normalized spacial score (nSPS) is 23.9. The molecular weight excluding hydrogens is 256 g/mol. The number of unbranched alkanes of at least 4 members (excludes halogenated alkanes) is 2. The zero-order valence-corrected chi connectivity index (χ0v) is 12.7. The third-order valence-corrected chi connectivity index (χ3v) is 4.03. The minimum absolute atomic E-state index is 0.118. The summed E-state index contributed by atoms with van der Waals surface area (Å²) in [6.45, 7) is 4.19. The van der Waals surface area contributed by atoms with E-state index in [1.165, 1.54) is 12.8 Å². The van der Waals surface area contributed by atoms with Gasteiger partial charge in [-0.3, -0.25) is 4.79 Å². The van der Waals surface area contributed by atoms with Crippen molar-refractivity contribution in [1.82, 2.24) is 10.6 Å². The molecule has 2 amide bonds. The molecule has 0 spiro atoms. The number of urea groups is 1. The van der Waals surface area contributed by atoms with Gasteiger partial charge in [-0.15, -0.1) is 0 Å². The van der Waals surface area contributed by atoms with Crippen LogP contribution < -0.4 is 10.6 Å². The molecule has 1 aliphatic carbocycles. The topological polar surface area (TPSA) is 78.4 Å². The lowest BCUT2D eigenvalue weighted by atomic mass is 9.86. The van der Waals surface area contributed by atoms with Gasteiger partial charge in [0.25, 0.3) is 0 Å². The molecule has 3 N–H and O–H groups in total. The van der Waals surface area contributed by atoms with Crippen molar-refractivity contribution in [3.63, 3.8) is 0 Å². The lowest BCUT2D eigenvalue weighted by Gasteiger charge is -2.27. The van der Waals surface area contributed by atoms with Gasteiger partial charge in [0.1, 0.15) is 0 Å². The first kappa shape index (κ1) is 16.8. The first-order valence-corrected chi connectivity index (χ1v) is 7.82. The van der Waals surface area contributed by atoms with Gasteiger partial charge in [0, 0.05) is 12.1 Å². The molecule has 1 atom stereocenters. The Hall–Kier alpha value is -1.26. The molecule has 1 rings (SSSR count). The second-order valence-electron chi connectivity index (χ2n) is 5.90. The Labute approximate surface area is 121 Å². The predicted molar refractivity (Wildman–Crippen MR) is 78.7 cm³/mol. The molecule has 0 saturated heterocycles. The average Bonchev–Trinajstić information content (AvgIpc) is 2.39. The number of carboxylic acid groups (broad SMARTS) is 1. The molecule has 116 valence electrons. The van der Waals surface area contributed by atoms with Gasteiger partial charge in [-0.25, -0.2) is 4.79 Å². The van der Waals surface area contributed by atoms with Crippen LogP contribution in [0.1, 0.15) is 65.2 Å². The third kappa shape index (κ3) is 6.26. The van der Waals surface area contributed by atoms with E-state index < -0.39 is 5.97 Å². The maximum absolute atomic E-state index is 11.8. The van der Waals surface area contributed by atoms with Crippen LogP contribution in [0.15, 0.2) is 0 Å². The van der Waals surface area contributed by atoms with Gasteiger partial charge >= 0.3 is 12.0 Å². The number of amides is 2. The fourth-order valence-electron chi connectivity index (χ4n) is 2.71. The zero-order valence-electron chi connectivity index (χ0n) is 12.7. The molecular formula is C15H28N2O3. The molecule has 0 aromatic rings. The first-order valence-electron chi connectivity index (χ1n) is 7.82. The van der Waals surface area contributed by atoms with Gasteiger partial charge in [0.2, 0.25) is 0 Å². The summed E-state index contributed by atoms with van der Waals surface area (Å²) in [5, 5.41) is 14.8. The highest BCUT2D eigenvalue weighted by molar-refractivity contribution is 5.74. The maximum atomic E-state index is 11.8. The van der Waals surface area contributed by atoms with E-state index in [1.54, 1.807) is 0 Å². The van der Waals surface area contributed by atoms with E-state index in [0.717, 1.165) is 25.7 Å². The van der Waals surface area contributed by atoms with Crippen LogP contribution in [0, 0.1) is 5.92 Å². The minimum atomic E-state index is -0.711. The second kappa shape index (κ2) is 8.82. The second-order valence-corrected chi connectivity index (χ2v) is 5.90. The summed E-state index contributed by atoms with van der Waals surface area (Å²) in [5.41, 5.74) is 0. The van der Waals surface area contributed by atoms with E-state index in [9.17, 15) is 9.59 Å². The highest BCUT2D eigenvalue weighted by atomic mass is 16.4. The summed E-state index contributed by atoms with van der Waals surface area (Å²) in [4.78, 5) is 22.7. The maximum Gasteiger partial charge on any atom is 0.315 e. The summed E-state index contributed by atoms with van der Waals surface area (Å²) >= 11 is 0. The highest BCUT2D eigenvalue weighted by Crippen LogP contribution is 2.24. The summed E-state index contributed by atoms with van der Waals surface area (Å²) in [6, 6.07) is 0.193. The molecule has 1 aliphatic rings. The van der Waals surface area contributed by atoms with E-state index in [-0.39, 0.29) is 24.0 Å². The minimum Gasteiger partial charge on any atom is -0.481 e.